The van der Waals surface area contributed by atoms with Gasteiger partial charge in [0.2, 0.25) is 6.79 Å². The summed E-state index contributed by atoms with van der Waals surface area (Å²) >= 11 is 0. The quantitative estimate of drug-likeness (QED) is 0.680. The molecule has 24 heavy (non-hydrogen) atoms. The van der Waals surface area contributed by atoms with Crippen molar-refractivity contribution in [1.82, 2.24) is 0 Å². The van der Waals surface area contributed by atoms with Crippen LogP contribution in [-0.4, -0.2) is 12.6 Å². The summed E-state index contributed by atoms with van der Waals surface area (Å²) in [4.78, 5) is 12.3. The van der Waals surface area contributed by atoms with Crippen molar-refractivity contribution < 1.29 is 14.3 Å². The number of anilines is 1. The van der Waals surface area contributed by atoms with Crippen molar-refractivity contribution in [2.45, 2.75) is 25.7 Å². The normalized spacial score (nSPS) is 15.3. The second-order valence-electron chi connectivity index (χ2n) is 6.06. The summed E-state index contributed by atoms with van der Waals surface area (Å²) < 4.78 is 10.6. The highest BCUT2D eigenvalue weighted by Crippen LogP contribution is 2.32. The molecule has 0 spiro atoms. The first-order valence-electron chi connectivity index (χ1n) is 8.29. The molecule has 0 aromatic heterocycles. The molecule has 0 unspecified atom stereocenters. The maximum absolute atomic E-state index is 12.3. The Kier molecular flexibility index (Phi) is 3.95. The Bertz CT molecular complexity index is 811. The van der Waals surface area contributed by atoms with Crippen LogP contribution in [0.2, 0.25) is 0 Å². The van der Waals surface area contributed by atoms with E-state index in [0.29, 0.717) is 17.1 Å². The minimum Gasteiger partial charge on any atom is -0.454 e. The van der Waals surface area contributed by atoms with Crippen molar-refractivity contribution in [3.8, 4) is 11.5 Å². The van der Waals surface area contributed by atoms with Crippen molar-refractivity contribution in [2.24, 2.45) is 0 Å². The number of fused-ring (bicyclic) bond motifs is 2. The SMILES string of the molecule is O=C(/C=C/Nc1cccc2c1CCCC2)c1ccc2c(c1)OCO2. The highest BCUT2D eigenvalue weighted by molar-refractivity contribution is 6.05. The molecule has 0 fully saturated rings. The molecule has 1 aliphatic carbocycles. The van der Waals surface area contributed by atoms with Crippen LogP contribution in [-0.2, 0) is 12.8 Å². The van der Waals surface area contributed by atoms with Crippen molar-refractivity contribution in [2.75, 3.05) is 12.1 Å². The minimum absolute atomic E-state index is 0.0643. The van der Waals surface area contributed by atoms with Crippen molar-refractivity contribution in [1.29, 1.82) is 0 Å². The van der Waals surface area contributed by atoms with Crippen LogP contribution < -0.4 is 14.8 Å². The molecular weight excluding hydrogens is 302 g/mol. The molecule has 2 aliphatic rings. The molecule has 2 aromatic rings. The molecule has 4 nitrogen and oxygen atoms in total. The lowest BCUT2D eigenvalue weighted by molar-refractivity contribution is 0.104. The van der Waals surface area contributed by atoms with E-state index >= 15 is 0 Å². The van der Waals surface area contributed by atoms with Crippen LogP contribution in [0, 0.1) is 0 Å². The summed E-state index contributed by atoms with van der Waals surface area (Å²) in [6, 6.07) is 11.6. The van der Waals surface area contributed by atoms with Gasteiger partial charge in [0.15, 0.2) is 17.3 Å². The van der Waals surface area contributed by atoms with E-state index in [9.17, 15) is 4.79 Å². The number of allylic oxidation sites excluding steroid dienone is 1. The predicted molar refractivity (Wildman–Crippen MR) is 92.7 cm³/mol. The lowest BCUT2D eigenvalue weighted by Crippen LogP contribution is -2.06. The van der Waals surface area contributed by atoms with Gasteiger partial charge in [-0.05, 0) is 61.1 Å². The van der Waals surface area contributed by atoms with Crippen LogP contribution in [0.4, 0.5) is 5.69 Å². The first kappa shape index (κ1) is 14.8. The number of hydrogen-bond donors (Lipinski definition) is 1. The van der Waals surface area contributed by atoms with E-state index in [4.69, 9.17) is 9.47 Å². The first-order chi connectivity index (χ1) is 11.8. The second-order valence-corrected chi connectivity index (χ2v) is 6.06. The molecule has 1 heterocycles. The number of hydrogen-bond acceptors (Lipinski definition) is 4. The van der Waals surface area contributed by atoms with Crippen LogP contribution in [0.5, 0.6) is 11.5 Å². The number of carbonyl (C=O) groups excluding carboxylic acids is 1. The molecule has 4 heteroatoms. The van der Waals surface area contributed by atoms with E-state index in [2.05, 4.69) is 23.5 Å². The number of ketones is 1. The average molecular weight is 321 g/mol. The molecule has 0 amide bonds. The van der Waals surface area contributed by atoms with Gasteiger partial charge >= 0.3 is 0 Å². The maximum atomic E-state index is 12.3. The fraction of sp³-hybridized carbons (Fsp3) is 0.250. The van der Waals surface area contributed by atoms with Gasteiger partial charge in [0.25, 0.3) is 0 Å². The van der Waals surface area contributed by atoms with E-state index in [1.54, 1.807) is 30.5 Å². The zero-order valence-corrected chi connectivity index (χ0v) is 13.4. The fourth-order valence-electron chi connectivity index (χ4n) is 3.27. The first-order valence-corrected chi connectivity index (χ1v) is 8.29. The van der Waals surface area contributed by atoms with E-state index in [-0.39, 0.29) is 12.6 Å². The Labute approximate surface area is 141 Å². The van der Waals surface area contributed by atoms with E-state index in [1.165, 1.54) is 24.0 Å². The van der Waals surface area contributed by atoms with Gasteiger partial charge in [-0.15, -0.1) is 0 Å². The predicted octanol–water partition coefficient (Wildman–Crippen LogP) is 4.10. The summed E-state index contributed by atoms with van der Waals surface area (Å²) in [5.74, 6) is 1.24. The van der Waals surface area contributed by atoms with Gasteiger partial charge < -0.3 is 14.8 Å². The third-order valence-electron chi connectivity index (χ3n) is 4.53. The van der Waals surface area contributed by atoms with Gasteiger partial charge in [0, 0.05) is 23.5 Å². The number of carbonyl (C=O) groups is 1. The smallest absolute Gasteiger partial charge is 0.231 e. The third-order valence-corrected chi connectivity index (χ3v) is 4.53. The summed E-state index contributed by atoms with van der Waals surface area (Å²) in [5, 5.41) is 3.27. The molecule has 0 atom stereocenters. The van der Waals surface area contributed by atoms with E-state index in [0.717, 1.165) is 18.5 Å². The van der Waals surface area contributed by atoms with Crippen LogP contribution in [0.1, 0.15) is 34.3 Å². The summed E-state index contributed by atoms with van der Waals surface area (Å²) in [6.45, 7) is 0.212. The third kappa shape index (κ3) is 2.87. The van der Waals surface area contributed by atoms with Gasteiger partial charge in [0.05, 0.1) is 0 Å². The van der Waals surface area contributed by atoms with Crippen molar-refractivity contribution >= 4 is 11.5 Å². The molecular formula is C20H19NO3. The molecule has 122 valence electrons. The molecule has 1 aliphatic heterocycles. The van der Waals surface area contributed by atoms with Gasteiger partial charge in [-0.2, -0.15) is 0 Å². The Morgan fingerprint density at radius 2 is 1.92 bits per heavy atom. The largest absolute Gasteiger partial charge is 0.454 e. The van der Waals surface area contributed by atoms with Crippen LogP contribution in [0.15, 0.2) is 48.7 Å². The van der Waals surface area contributed by atoms with Gasteiger partial charge in [-0.3, -0.25) is 4.79 Å². The Hall–Kier alpha value is -2.75. The van der Waals surface area contributed by atoms with Crippen LogP contribution >= 0.6 is 0 Å². The molecule has 4 rings (SSSR count). The maximum Gasteiger partial charge on any atom is 0.231 e. The Balaban J connectivity index is 1.47. The lowest BCUT2D eigenvalue weighted by atomic mass is 9.90. The zero-order valence-electron chi connectivity index (χ0n) is 13.4. The lowest BCUT2D eigenvalue weighted by Gasteiger charge is -2.18. The van der Waals surface area contributed by atoms with Gasteiger partial charge in [0.1, 0.15) is 0 Å². The van der Waals surface area contributed by atoms with Crippen LogP contribution in [0.25, 0.3) is 0 Å². The highest BCUT2D eigenvalue weighted by atomic mass is 16.7. The number of rotatable bonds is 4. The molecule has 0 saturated carbocycles. The van der Waals surface area contributed by atoms with Crippen molar-refractivity contribution in [3.63, 3.8) is 0 Å². The molecule has 2 aromatic carbocycles. The molecule has 1 N–H and O–H groups in total. The topological polar surface area (TPSA) is 47.6 Å². The van der Waals surface area contributed by atoms with Gasteiger partial charge in [-0.1, -0.05) is 12.1 Å². The summed E-state index contributed by atoms with van der Waals surface area (Å²) in [7, 11) is 0. The average Bonchev–Trinajstić information content (AvgIpc) is 3.09. The number of nitrogens with one attached hydrogen (secondary N) is 1. The molecule has 0 radical (unpaired) electrons. The molecule has 0 saturated heterocycles. The minimum atomic E-state index is -0.0643. The number of ether oxygens (including phenoxy) is 2. The Morgan fingerprint density at radius 1 is 1.04 bits per heavy atom. The van der Waals surface area contributed by atoms with Crippen LogP contribution in [0.3, 0.4) is 0 Å². The van der Waals surface area contributed by atoms with Gasteiger partial charge in [-0.25, -0.2) is 0 Å². The monoisotopic (exact) mass is 321 g/mol. The summed E-state index contributed by atoms with van der Waals surface area (Å²) in [6.07, 6.45) is 8.00. The zero-order chi connectivity index (χ0) is 16.4. The second kappa shape index (κ2) is 6.40. The molecule has 0 bridgehead atoms. The summed E-state index contributed by atoms with van der Waals surface area (Å²) in [5.41, 5.74) is 4.49. The Morgan fingerprint density at radius 3 is 2.88 bits per heavy atom. The standard InChI is InChI=1S/C20H19NO3/c22-18(15-8-9-19-20(12-15)24-13-23-19)10-11-21-17-7-3-5-14-4-1-2-6-16(14)17/h3,5,7-12,21H,1-2,4,6,13H2/b11-10+. The van der Waals surface area contributed by atoms with E-state index in [1.807, 2.05) is 0 Å². The van der Waals surface area contributed by atoms with E-state index < -0.39 is 0 Å². The van der Waals surface area contributed by atoms with Crippen molar-refractivity contribution in [3.05, 3.63) is 65.4 Å². The fourth-order valence-corrected chi connectivity index (χ4v) is 3.27. The number of aryl methyl sites for hydroxylation is 1. The highest BCUT2D eigenvalue weighted by Gasteiger charge is 2.15. The number of benzene rings is 2.